The van der Waals surface area contributed by atoms with Gasteiger partial charge in [-0.2, -0.15) is 5.10 Å². The number of methoxy groups -OCH3 is 1. The van der Waals surface area contributed by atoms with Gasteiger partial charge in [0, 0.05) is 17.9 Å². The highest BCUT2D eigenvalue weighted by Gasteiger charge is 2.06. The van der Waals surface area contributed by atoms with Crippen LogP contribution >= 0.6 is 11.8 Å². The molecule has 0 aliphatic carbocycles. The van der Waals surface area contributed by atoms with Crippen LogP contribution in [-0.4, -0.2) is 35.9 Å². The lowest BCUT2D eigenvalue weighted by molar-refractivity contribution is -0.384. The van der Waals surface area contributed by atoms with Crippen molar-refractivity contribution in [3.63, 3.8) is 0 Å². The number of esters is 1. The number of nitro groups is 1. The summed E-state index contributed by atoms with van der Waals surface area (Å²) >= 11 is 1.38. The van der Waals surface area contributed by atoms with Gasteiger partial charge in [0.25, 0.3) is 5.69 Å². The summed E-state index contributed by atoms with van der Waals surface area (Å²) in [6.45, 7) is 0. The van der Waals surface area contributed by atoms with Crippen LogP contribution in [0.3, 0.4) is 0 Å². The summed E-state index contributed by atoms with van der Waals surface area (Å²) in [6, 6.07) is 12.8. The third-order valence-corrected chi connectivity index (χ3v) is 4.39. The van der Waals surface area contributed by atoms with Gasteiger partial charge in [-0.05, 0) is 23.3 Å². The van der Waals surface area contributed by atoms with E-state index in [0.717, 1.165) is 11.1 Å². The Bertz CT molecular complexity index is 835. The summed E-state index contributed by atoms with van der Waals surface area (Å²) in [5.74, 6) is 0.0842. The van der Waals surface area contributed by atoms with E-state index in [1.165, 1.54) is 37.2 Å². The van der Waals surface area contributed by atoms with E-state index in [1.54, 1.807) is 36.4 Å². The van der Waals surface area contributed by atoms with Crippen molar-refractivity contribution in [3.8, 4) is 0 Å². The Balaban J connectivity index is 1.73. The van der Waals surface area contributed by atoms with Crippen LogP contribution in [0.1, 0.15) is 21.5 Å². The molecule has 2 rings (SSSR count). The average molecular weight is 387 g/mol. The molecule has 27 heavy (non-hydrogen) atoms. The molecule has 1 amide bonds. The van der Waals surface area contributed by atoms with E-state index >= 15 is 0 Å². The normalized spacial score (nSPS) is 10.6. The predicted octanol–water partition coefficient (Wildman–Crippen LogP) is 2.76. The number of nitro benzene ring substituents is 1. The van der Waals surface area contributed by atoms with Crippen LogP contribution in [0.25, 0.3) is 0 Å². The molecule has 1 N–H and O–H groups in total. The lowest BCUT2D eigenvalue weighted by Crippen LogP contribution is -2.19. The number of amides is 1. The third-order valence-electron chi connectivity index (χ3n) is 3.38. The van der Waals surface area contributed by atoms with E-state index in [4.69, 9.17) is 0 Å². The molecule has 0 saturated heterocycles. The SMILES string of the molecule is COC(=O)c1ccc(/C=N\NC(=O)CSCc2ccc([N+](=O)[O-])cc2)cc1. The van der Waals surface area contributed by atoms with E-state index in [2.05, 4.69) is 15.3 Å². The minimum Gasteiger partial charge on any atom is -0.465 e. The predicted molar refractivity (Wildman–Crippen MR) is 103 cm³/mol. The Labute approximate surface area is 159 Å². The van der Waals surface area contributed by atoms with Crippen molar-refractivity contribution in [2.75, 3.05) is 12.9 Å². The molecule has 140 valence electrons. The molecule has 2 aromatic rings. The zero-order chi connectivity index (χ0) is 19.6. The van der Waals surface area contributed by atoms with Crippen molar-refractivity contribution in [3.05, 3.63) is 75.3 Å². The maximum atomic E-state index is 11.8. The highest BCUT2D eigenvalue weighted by atomic mass is 32.2. The van der Waals surface area contributed by atoms with Crippen molar-refractivity contribution in [2.45, 2.75) is 5.75 Å². The molecule has 0 heterocycles. The summed E-state index contributed by atoms with van der Waals surface area (Å²) in [4.78, 5) is 33.2. The molecule has 0 unspecified atom stereocenters. The number of benzene rings is 2. The molecule has 0 aliphatic heterocycles. The Morgan fingerprint density at radius 2 is 1.85 bits per heavy atom. The first kappa shape index (κ1) is 20.1. The number of non-ortho nitro benzene ring substituents is 1. The van der Waals surface area contributed by atoms with Crippen LogP contribution in [-0.2, 0) is 15.3 Å². The first-order valence-electron chi connectivity index (χ1n) is 7.81. The number of hydrogen-bond donors (Lipinski definition) is 1. The maximum Gasteiger partial charge on any atom is 0.337 e. The van der Waals surface area contributed by atoms with Gasteiger partial charge in [0.15, 0.2) is 0 Å². The molecular weight excluding hydrogens is 370 g/mol. The van der Waals surface area contributed by atoms with Gasteiger partial charge in [0.05, 0.1) is 29.6 Å². The lowest BCUT2D eigenvalue weighted by Gasteiger charge is -2.02. The molecule has 0 fully saturated rings. The number of ether oxygens (including phenoxy) is 1. The van der Waals surface area contributed by atoms with E-state index in [0.29, 0.717) is 11.3 Å². The first-order chi connectivity index (χ1) is 13.0. The van der Waals surface area contributed by atoms with Crippen molar-refractivity contribution in [1.29, 1.82) is 0 Å². The van der Waals surface area contributed by atoms with Crippen LogP contribution in [0.5, 0.6) is 0 Å². The monoisotopic (exact) mass is 387 g/mol. The van der Waals surface area contributed by atoms with Crippen molar-refractivity contribution >= 4 is 35.5 Å². The second-order valence-corrected chi connectivity index (χ2v) is 6.31. The molecular formula is C18H17N3O5S. The quantitative estimate of drug-likeness (QED) is 0.323. The number of rotatable bonds is 8. The van der Waals surface area contributed by atoms with Gasteiger partial charge >= 0.3 is 5.97 Å². The highest BCUT2D eigenvalue weighted by molar-refractivity contribution is 7.99. The second-order valence-electron chi connectivity index (χ2n) is 5.32. The van der Waals surface area contributed by atoms with Gasteiger partial charge in [-0.25, -0.2) is 10.2 Å². The zero-order valence-electron chi connectivity index (χ0n) is 14.5. The number of carbonyl (C=O) groups excluding carboxylic acids is 2. The average Bonchev–Trinajstić information content (AvgIpc) is 2.68. The Hall–Kier alpha value is -3.20. The number of thioether (sulfide) groups is 1. The first-order valence-corrected chi connectivity index (χ1v) is 8.96. The van der Waals surface area contributed by atoms with Gasteiger partial charge in [-0.15, -0.1) is 11.8 Å². The van der Waals surface area contributed by atoms with Crippen LogP contribution in [0.15, 0.2) is 53.6 Å². The third kappa shape index (κ3) is 6.55. The van der Waals surface area contributed by atoms with E-state index < -0.39 is 10.9 Å². The molecule has 0 bridgehead atoms. The standard InChI is InChI=1S/C18H17N3O5S/c1-26-18(23)15-6-2-13(3-7-15)10-19-20-17(22)12-27-11-14-4-8-16(9-5-14)21(24)25/h2-10H,11-12H2,1H3,(H,20,22)/b19-10-. The Kier molecular flexibility index (Phi) is 7.50. The topological polar surface area (TPSA) is 111 Å². The number of hydrogen-bond acceptors (Lipinski definition) is 7. The van der Waals surface area contributed by atoms with Crippen LogP contribution in [0, 0.1) is 10.1 Å². The molecule has 9 heteroatoms. The molecule has 0 aromatic heterocycles. The second kappa shape index (κ2) is 10.1. The van der Waals surface area contributed by atoms with E-state index in [-0.39, 0.29) is 17.3 Å². The molecule has 0 aliphatic rings. The number of hydrazone groups is 1. The minimum absolute atomic E-state index is 0.0375. The lowest BCUT2D eigenvalue weighted by atomic mass is 10.1. The molecule has 8 nitrogen and oxygen atoms in total. The summed E-state index contributed by atoms with van der Waals surface area (Å²) in [7, 11) is 1.31. The van der Waals surface area contributed by atoms with Crippen LogP contribution in [0.4, 0.5) is 5.69 Å². The highest BCUT2D eigenvalue weighted by Crippen LogP contribution is 2.16. The van der Waals surface area contributed by atoms with E-state index in [1.807, 2.05) is 0 Å². The molecule has 0 spiro atoms. The minimum atomic E-state index is -0.453. The summed E-state index contributed by atoms with van der Waals surface area (Å²) in [6.07, 6.45) is 1.47. The molecule has 2 aromatic carbocycles. The fourth-order valence-electron chi connectivity index (χ4n) is 2.01. The van der Waals surface area contributed by atoms with Gasteiger partial charge in [-0.1, -0.05) is 24.3 Å². The van der Waals surface area contributed by atoms with E-state index in [9.17, 15) is 19.7 Å². The van der Waals surface area contributed by atoms with Crippen molar-refractivity contribution < 1.29 is 19.2 Å². The van der Waals surface area contributed by atoms with Gasteiger partial charge in [0.2, 0.25) is 5.91 Å². The Morgan fingerprint density at radius 3 is 2.44 bits per heavy atom. The summed E-state index contributed by atoms with van der Waals surface area (Å²) < 4.78 is 4.61. The summed E-state index contributed by atoms with van der Waals surface area (Å²) in [5, 5.41) is 14.5. The smallest absolute Gasteiger partial charge is 0.337 e. The Morgan fingerprint density at radius 1 is 1.19 bits per heavy atom. The molecule has 0 atom stereocenters. The van der Waals surface area contributed by atoms with Crippen molar-refractivity contribution in [2.24, 2.45) is 5.10 Å². The van der Waals surface area contributed by atoms with Crippen LogP contribution in [0.2, 0.25) is 0 Å². The molecule has 0 saturated carbocycles. The van der Waals surface area contributed by atoms with Gasteiger partial charge < -0.3 is 4.74 Å². The maximum absolute atomic E-state index is 11.8. The fraction of sp³-hybridized carbons (Fsp3) is 0.167. The number of nitrogens with one attached hydrogen (secondary N) is 1. The molecule has 0 radical (unpaired) electrons. The largest absolute Gasteiger partial charge is 0.465 e. The fourth-order valence-corrected chi connectivity index (χ4v) is 2.79. The van der Waals surface area contributed by atoms with Gasteiger partial charge in [-0.3, -0.25) is 14.9 Å². The van der Waals surface area contributed by atoms with Gasteiger partial charge in [0.1, 0.15) is 0 Å². The number of nitrogens with zero attached hydrogens (tertiary/aromatic N) is 2. The zero-order valence-corrected chi connectivity index (χ0v) is 15.3. The number of carbonyl (C=O) groups is 2. The van der Waals surface area contributed by atoms with Crippen LogP contribution < -0.4 is 5.43 Å². The summed E-state index contributed by atoms with van der Waals surface area (Å²) in [5.41, 5.74) is 4.51. The van der Waals surface area contributed by atoms with Crippen molar-refractivity contribution in [1.82, 2.24) is 5.43 Å².